The molecule has 0 aliphatic heterocycles. The average molecular weight is 235 g/mol. The van der Waals surface area contributed by atoms with E-state index in [1.165, 1.54) is 37.9 Å². The van der Waals surface area contributed by atoms with Crippen molar-refractivity contribution in [3.63, 3.8) is 0 Å². The Morgan fingerprint density at radius 2 is 2.24 bits per heavy atom. The highest BCUT2D eigenvalue weighted by atomic mass is 15.1. The summed E-state index contributed by atoms with van der Waals surface area (Å²) in [4.78, 5) is 4.60. The first-order valence-electron chi connectivity index (χ1n) is 7.11. The molecule has 0 aromatic carbocycles. The van der Waals surface area contributed by atoms with Crippen LogP contribution in [0.25, 0.3) is 0 Å². The van der Waals surface area contributed by atoms with Gasteiger partial charge in [0.15, 0.2) is 0 Å². The lowest BCUT2D eigenvalue weighted by atomic mass is 10.0. The van der Waals surface area contributed by atoms with E-state index >= 15 is 0 Å². The van der Waals surface area contributed by atoms with Crippen molar-refractivity contribution in [2.24, 2.45) is 0 Å². The summed E-state index contributed by atoms with van der Waals surface area (Å²) in [7, 11) is 0. The number of hydrogen-bond acceptors (Lipinski definition) is 2. The first-order valence-corrected chi connectivity index (χ1v) is 7.11. The van der Waals surface area contributed by atoms with Gasteiger partial charge in [0.25, 0.3) is 0 Å². The van der Waals surface area contributed by atoms with Crippen LogP contribution in [0.3, 0.4) is 0 Å². The van der Waals surface area contributed by atoms with Crippen LogP contribution in [0.1, 0.15) is 57.7 Å². The number of nitrogens with one attached hydrogen (secondary N) is 1. The average Bonchev–Trinajstić information content (AvgIpc) is 2.94. The standard InChI is InChI=1S/C14H25N3/c1-3-8-15-13-7-5-6-12(13)14-16-9-11-17(14)10-4-2/h9,11-13,15H,3-8,10H2,1-2H3. The van der Waals surface area contributed by atoms with Crippen molar-refractivity contribution < 1.29 is 0 Å². The summed E-state index contributed by atoms with van der Waals surface area (Å²) in [6, 6.07) is 0.646. The first-order chi connectivity index (χ1) is 8.36. The summed E-state index contributed by atoms with van der Waals surface area (Å²) < 4.78 is 2.34. The monoisotopic (exact) mass is 235 g/mol. The Morgan fingerprint density at radius 3 is 3.00 bits per heavy atom. The zero-order valence-electron chi connectivity index (χ0n) is 11.2. The van der Waals surface area contributed by atoms with Gasteiger partial charge in [0.2, 0.25) is 0 Å². The van der Waals surface area contributed by atoms with E-state index in [9.17, 15) is 0 Å². The summed E-state index contributed by atoms with van der Waals surface area (Å²) in [5.41, 5.74) is 0. The maximum atomic E-state index is 4.60. The summed E-state index contributed by atoms with van der Waals surface area (Å²) in [6.45, 7) is 6.70. The molecule has 0 spiro atoms. The minimum absolute atomic E-state index is 0.628. The third-order valence-corrected chi connectivity index (χ3v) is 3.72. The minimum Gasteiger partial charge on any atom is -0.335 e. The van der Waals surface area contributed by atoms with Gasteiger partial charge >= 0.3 is 0 Å². The maximum absolute atomic E-state index is 4.60. The zero-order chi connectivity index (χ0) is 12.1. The van der Waals surface area contributed by atoms with E-state index in [-0.39, 0.29) is 0 Å². The number of rotatable bonds is 6. The Labute approximate surface area is 105 Å². The van der Waals surface area contributed by atoms with Gasteiger partial charge in [-0.1, -0.05) is 20.3 Å². The molecule has 1 fully saturated rings. The molecule has 1 aliphatic carbocycles. The molecule has 2 unspecified atom stereocenters. The van der Waals surface area contributed by atoms with Crippen LogP contribution in [-0.2, 0) is 6.54 Å². The van der Waals surface area contributed by atoms with Crippen molar-refractivity contribution in [2.45, 2.75) is 64.5 Å². The zero-order valence-corrected chi connectivity index (χ0v) is 11.2. The molecule has 0 saturated heterocycles. The van der Waals surface area contributed by atoms with Crippen LogP contribution in [0.2, 0.25) is 0 Å². The van der Waals surface area contributed by atoms with Crippen molar-refractivity contribution in [2.75, 3.05) is 6.54 Å². The molecule has 3 heteroatoms. The fourth-order valence-electron chi connectivity index (χ4n) is 2.92. The molecule has 1 aliphatic rings. The molecule has 96 valence electrons. The van der Waals surface area contributed by atoms with E-state index < -0.39 is 0 Å². The fourth-order valence-corrected chi connectivity index (χ4v) is 2.92. The fraction of sp³-hybridized carbons (Fsp3) is 0.786. The number of nitrogens with zero attached hydrogens (tertiary/aromatic N) is 2. The summed E-state index contributed by atoms with van der Waals surface area (Å²) in [5, 5.41) is 3.69. The molecule has 1 aromatic rings. The molecule has 2 rings (SSSR count). The van der Waals surface area contributed by atoms with E-state index in [1.807, 2.05) is 6.20 Å². The van der Waals surface area contributed by atoms with E-state index in [1.54, 1.807) is 0 Å². The molecule has 2 atom stereocenters. The summed E-state index contributed by atoms with van der Waals surface area (Å²) in [5.74, 6) is 1.93. The Bertz CT molecular complexity index is 332. The second-order valence-electron chi connectivity index (χ2n) is 5.08. The van der Waals surface area contributed by atoms with Gasteiger partial charge in [0.1, 0.15) is 5.82 Å². The lowest BCUT2D eigenvalue weighted by Crippen LogP contribution is -2.33. The molecule has 17 heavy (non-hydrogen) atoms. The number of hydrogen-bond donors (Lipinski definition) is 1. The molecule has 1 aromatic heterocycles. The van der Waals surface area contributed by atoms with Crippen LogP contribution in [0.4, 0.5) is 0 Å². The van der Waals surface area contributed by atoms with Crippen LogP contribution in [0.5, 0.6) is 0 Å². The van der Waals surface area contributed by atoms with E-state index in [4.69, 9.17) is 0 Å². The van der Waals surface area contributed by atoms with Gasteiger partial charge < -0.3 is 9.88 Å². The van der Waals surface area contributed by atoms with Crippen molar-refractivity contribution in [1.82, 2.24) is 14.9 Å². The highest BCUT2D eigenvalue weighted by Gasteiger charge is 2.30. The molecule has 1 heterocycles. The van der Waals surface area contributed by atoms with Gasteiger partial charge in [-0.15, -0.1) is 0 Å². The first kappa shape index (κ1) is 12.6. The van der Waals surface area contributed by atoms with Crippen molar-refractivity contribution in [3.8, 4) is 0 Å². The third kappa shape index (κ3) is 2.89. The molecule has 0 radical (unpaired) electrons. The number of aromatic nitrogens is 2. The van der Waals surface area contributed by atoms with Gasteiger partial charge in [-0.05, 0) is 32.2 Å². The Hall–Kier alpha value is -0.830. The van der Waals surface area contributed by atoms with E-state index in [0.29, 0.717) is 12.0 Å². The normalized spacial score (nSPS) is 24.4. The van der Waals surface area contributed by atoms with E-state index in [0.717, 1.165) is 13.1 Å². The molecule has 1 N–H and O–H groups in total. The molecule has 0 amide bonds. The van der Waals surface area contributed by atoms with Crippen molar-refractivity contribution >= 4 is 0 Å². The van der Waals surface area contributed by atoms with Crippen LogP contribution >= 0.6 is 0 Å². The second-order valence-corrected chi connectivity index (χ2v) is 5.08. The molecule has 1 saturated carbocycles. The van der Waals surface area contributed by atoms with Crippen LogP contribution in [-0.4, -0.2) is 22.1 Å². The Kier molecular flexibility index (Phi) is 4.60. The van der Waals surface area contributed by atoms with Gasteiger partial charge in [-0.25, -0.2) is 4.98 Å². The van der Waals surface area contributed by atoms with Crippen LogP contribution in [0, 0.1) is 0 Å². The van der Waals surface area contributed by atoms with Gasteiger partial charge in [0.05, 0.1) is 0 Å². The highest BCUT2D eigenvalue weighted by molar-refractivity contribution is 5.07. The summed E-state index contributed by atoms with van der Waals surface area (Å²) in [6.07, 6.45) is 10.4. The number of aryl methyl sites for hydroxylation is 1. The molecular weight excluding hydrogens is 210 g/mol. The topological polar surface area (TPSA) is 29.9 Å². The van der Waals surface area contributed by atoms with Crippen molar-refractivity contribution in [3.05, 3.63) is 18.2 Å². The molecule has 0 bridgehead atoms. The Balaban J connectivity index is 2.06. The van der Waals surface area contributed by atoms with Crippen molar-refractivity contribution in [1.29, 1.82) is 0 Å². The third-order valence-electron chi connectivity index (χ3n) is 3.72. The quantitative estimate of drug-likeness (QED) is 0.821. The van der Waals surface area contributed by atoms with Gasteiger partial charge in [-0.3, -0.25) is 0 Å². The highest BCUT2D eigenvalue weighted by Crippen LogP contribution is 2.33. The van der Waals surface area contributed by atoms with Crippen LogP contribution in [0.15, 0.2) is 12.4 Å². The minimum atomic E-state index is 0.628. The SMILES string of the molecule is CCCNC1CCCC1c1nccn1CCC. The lowest BCUT2D eigenvalue weighted by Gasteiger charge is -2.21. The van der Waals surface area contributed by atoms with E-state index in [2.05, 4.69) is 34.9 Å². The Morgan fingerprint density at radius 1 is 1.35 bits per heavy atom. The predicted octanol–water partition coefficient (Wildman–Crippen LogP) is 2.93. The maximum Gasteiger partial charge on any atom is 0.113 e. The van der Waals surface area contributed by atoms with Gasteiger partial charge in [0, 0.05) is 30.9 Å². The smallest absolute Gasteiger partial charge is 0.113 e. The largest absolute Gasteiger partial charge is 0.335 e. The number of imidazole rings is 1. The van der Waals surface area contributed by atoms with Gasteiger partial charge in [-0.2, -0.15) is 0 Å². The molecule has 3 nitrogen and oxygen atoms in total. The second kappa shape index (κ2) is 6.20. The predicted molar refractivity (Wildman–Crippen MR) is 71.2 cm³/mol. The lowest BCUT2D eigenvalue weighted by molar-refractivity contribution is 0.450. The summed E-state index contributed by atoms with van der Waals surface area (Å²) >= 11 is 0. The molecular formula is C14H25N3. The van der Waals surface area contributed by atoms with Crippen LogP contribution < -0.4 is 5.32 Å².